The Morgan fingerprint density at radius 3 is 2.24 bits per heavy atom. The van der Waals surface area contributed by atoms with Crippen molar-refractivity contribution in [2.45, 2.75) is 4.90 Å². The van der Waals surface area contributed by atoms with Crippen molar-refractivity contribution < 1.29 is 22.0 Å². The van der Waals surface area contributed by atoms with E-state index in [1.54, 1.807) is 18.2 Å². The molecule has 0 unspecified atom stereocenters. The monoisotopic (exact) mass is 413 g/mol. The van der Waals surface area contributed by atoms with Gasteiger partial charge in [-0.1, -0.05) is 6.07 Å². The Kier molecular flexibility index (Phi) is 5.57. The Morgan fingerprint density at radius 1 is 0.897 bits per heavy atom. The fourth-order valence-electron chi connectivity index (χ4n) is 2.41. The van der Waals surface area contributed by atoms with E-state index >= 15 is 0 Å². The largest absolute Gasteiger partial charge is 0.322 e. The summed E-state index contributed by atoms with van der Waals surface area (Å²) in [5, 5.41) is 11.5. The Bertz CT molecular complexity index is 1220. The van der Waals surface area contributed by atoms with Crippen LogP contribution in [0.2, 0.25) is 0 Å². The second-order valence-corrected chi connectivity index (χ2v) is 7.59. The van der Waals surface area contributed by atoms with Crippen molar-refractivity contribution in [1.82, 2.24) is 0 Å². The third-order valence-electron chi connectivity index (χ3n) is 3.85. The maximum atomic E-state index is 13.3. The van der Waals surface area contributed by atoms with Crippen LogP contribution in [0.25, 0.3) is 0 Å². The lowest BCUT2D eigenvalue weighted by atomic mass is 10.1. The molecule has 0 saturated heterocycles. The quantitative estimate of drug-likeness (QED) is 0.663. The van der Waals surface area contributed by atoms with E-state index in [0.29, 0.717) is 22.9 Å². The van der Waals surface area contributed by atoms with Gasteiger partial charge in [-0.15, -0.1) is 0 Å². The summed E-state index contributed by atoms with van der Waals surface area (Å²) in [5.74, 6) is -2.85. The zero-order valence-corrected chi connectivity index (χ0v) is 15.5. The summed E-state index contributed by atoms with van der Waals surface area (Å²) in [7, 11) is -4.11. The molecule has 0 atom stereocenters. The highest BCUT2D eigenvalue weighted by molar-refractivity contribution is 7.92. The van der Waals surface area contributed by atoms with Crippen LogP contribution in [0.3, 0.4) is 0 Å². The highest BCUT2D eigenvalue weighted by atomic mass is 32.2. The maximum absolute atomic E-state index is 13.3. The lowest BCUT2D eigenvalue weighted by molar-refractivity contribution is 0.102. The zero-order chi connectivity index (χ0) is 21.0. The third kappa shape index (κ3) is 4.75. The van der Waals surface area contributed by atoms with E-state index in [9.17, 15) is 22.0 Å². The van der Waals surface area contributed by atoms with E-state index in [1.165, 1.54) is 30.3 Å². The number of rotatable bonds is 5. The van der Waals surface area contributed by atoms with E-state index < -0.39 is 32.5 Å². The Morgan fingerprint density at radius 2 is 1.59 bits per heavy atom. The van der Waals surface area contributed by atoms with Gasteiger partial charge in [0.25, 0.3) is 15.9 Å². The summed E-state index contributed by atoms with van der Waals surface area (Å²) in [6.45, 7) is 0. The van der Waals surface area contributed by atoms with Crippen LogP contribution < -0.4 is 10.0 Å². The van der Waals surface area contributed by atoms with Crippen LogP contribution in [0, 0.1) is 23.0 Å². The molecule has 2 N–H and O–H groups in total. The van der Waals surface area contributed by atoms with Gasteiger partial charge in [0.1, 0.15) is 0 Å². The Labute approximate surface area is 165 Å². The van der Waals surface area contributed by atoms with Gasteiger partial charge in [0.05, 0.1) is 16.5 Å². The molecule has 0 heterocycles. The van der Waals surface area contributed by atoms with Crippen molar-refractivity contribution in [3.05, 3.63) is 89.5 Å². The third-order valence-corrected chi connectivity index (χ3v) is 5.23. The fraction of sp³-hybridized carbons (Fsp3) is 0. The smallest absolute Gasteiger partial charge is 0.261 e. The van der Waals surface area contributed by atoms with Crippen LogP contribution in [0.4, 0.5) is 20.2 Å². The number of nitriles is 1. The average molecular weight is 413 g/mol. The van der Waals surface area contributed by atoms with Crippen LogP contribution >= 0.6 is 0 Å². The van der Waals surface area contributed by atoms with Crippen molar-refractivity contribution in [2.75, 3.05) is 10.0 Å². The van der Waals surface area contributed by atoms with Crippen molar-refractivity contribution >= 4 is 27.3 Å². The molecule has 0 spiro atoms. The molecule has 0 aromatic heterocycles. The number of hydrogen-bond donors (Lipinski definition) is 2. The molecule has 0 aliphatic carbocycles. The van der Waals surface area contributed by atoms with Gasteiger partial charge in [0.2, 0.25) is 0 Å². The number of carbonyl (C=O) groups is 1. The average Bonchev–Trinajstić information content (AvgIpc) is 2.71. The van der Waals surface area contributed by atoms with Crippen LogP contribution in [-0.4, -0.2) is 14.3 Å². The van der Waals surface area contributed by atoms with Crippen molar-refractivity contribution in [2.24, 2.45) is 0 Å². The van der Waals surface area contributed by atoms with Crippen molar-refractivity contribution in [3.8, 4) is 6.07 Å². The molecule has 3 rings (SSSR count). The maximum Gasteiger partial charge on any atom is 0.261 e. The van der Waals surface area contributed by atoms with Gasteiger partial charge in [-0.05, 0) is 60.7 Å². The number of halogens is 2. The predicted molar refractivity (Wildman–Crippen MR) is 103 cm³/mol. The predicted octanol–water partition coefficient (Wildman–Crippen LogP) is 3.89. The number of amides is 1. The lowest BCUT2D eigenvalue weighted by Gasteiger charge is -2.10. The molecular formula is C20H13F2N3O3S. The molecule has 1 amide bonds. The molecule has 29 heavy (non-hydrogen) atoms. The second kappa shape index (κ2) is 8.08. The van der Waals surface area contributed by atoms with Crippen molar-refractivity contribution in [1.29, 1.82) is 5.26 Å². The first-order chi connectivity index (χ1) is 13.8. The van der Waals surface area contributed by atoms with E-state index in [2.05, 4.69) is 10.0 Å². The molecule has 0 bridgehead atoms. The minimum Gasteiger partial charge on any atom is -0.322 e. The van der Waals surface area contributed by atoms with Crippen LogP contribution in [0.1, 0.15) is 15.9 Å². The Hall–Kier alpha value is -3.77. The molecule has 3 aromatic carbocycles. The summed E-state index contributed by atoms with van der Waals surface area (Å²) in [4.78, 5) is 11.8. The van der Waals surface area contributed by atoms with Gasteiger partial charge in [-0.25, -0.2) is 17.2 Å². The van der Waals surface area contributed by atoms with Gasteiger partial charge >= 0.3 is 0 Å². The molecule has 3 aromatic rings. The van der Waals surface area contributed by atoms with Gasteiger partial charge in [-0.3, -0.25) is 9.52 Å². The van der Waals surface area contributed by atoms with Crippen LogP contribution in [-0.2, 0) is 10.0 Å². The second-order valence-electron chi connectivity index (χ2n) is 5.91. The first-order valence-corrected chi connectivity index (χ1v) is 9.66. The van der Waals surface area contributed by atoms with Gasteiger partial charge < -0.3 is 5.32 Å². The molecule has 0 aliphatic rings. The topological polar surface area (TPSA) is 99.1 Å². The molecule has 6 nitrogen and oxygen atoms in total. The SMILES string of the molecule is N#Cc1cccc(C(=O)Nc2ccc(NS(=O)(=O)c3ccc(F)c(F)c3)cc2)c1. The highest BCUT2D eigenvalue weighted by Crippen LogP contribution is 2.20. The van der Waals surface area contributed by atoms with Gasteiger partial charge in [0.15, 0.2) is 11.6 Å². The van der Waals surface area contributed by atoms with E-state index in [0.717, 1.165) is 12.1 Å². The number of nitrogens with zero attached hydrogens (tertiary/aromatic N) is 1. The normalized spacial score (nSPS) is 10.8. The summed E-state index contributed by atoms with van der Waals surface area (Å²) >= 11 is 0. The fourth-order valence-corrected chi connectivity index (χ4v) is 3.48. The molecule has 0 saturated carbocycles. The summed E-state index contributed by atoms with van der Waals surface area (Å²) < 4.78 is 53.1. The molecule has 0 fully saturated rings. The summed E-state index contributed by atoms with van der Waals surface area (Å²) in [5.41, 5.74) is 1.21. The first kappa shape index (κ1) is 20.0. The van der Waals surface area contributed by atoms with E-state index in [-0.39, 0.29) is 5.69 Å². The highest BCUT2D eigenvalue weighted by Gasteiger charge is 2.17. The summed E-state index contributed by atoms with van der Waals surface area (Å²) in [6.07, 6.45) is 0. The minimum atomic E-state index is -4.11. The number of carbonyl (C=O) groups excluding carboxylic acids is 1. The number of hydrogen-bond acceptors (Lipinski definition) is 4. The van der Waals surface area contributed by atoms with Crippen LogP contribution in [0.5, 0.6) is 0 Å². The number of nitrogens with one attached hydrogen (secondary N) is 2. The minimum absolute atomic E-state index is 0.166. The number of benzene rings is 3. The molecule has 9 heteroatoms. The lowest BCUT2D eigenvalue weighted by Crippen LogP contribution is -2.14. The van der Waals surface area contributed by atoms with E-state index in [1.807, 2.05) is 6.07 Å². The van der Waals surface area contributed by atoms with Gasteiger partial charge in [-0.2, -0.15) is 5.26 Å². The molecular weight excluding hydrogens is 400 g/mol. The Balaban J connectivity index is 1.72. The zero-order valence-electron chi connectivity index (χ0n) is 14.7. The van der Waals surface area contributed by atoms with E-state index in [4.69, 9.17) is 5.26 Å². The summed E-state index contributed by atoms with van der Waals surface area (Å²) in [6, 6.07) is 16.1. The standard InChI is InChI=1S/C20H13F2N3O3S/c21-18-9-8-17(11-19(18)22)29(27,28)25-16-6-4-15(5-7-16)24-20(26)14-3-1-2-13(10-14)12-23/h1-11,25H,(H,24,26). The molecule has 0 aliphatic heterocycles. The van der Waals surface area contributed by atoms with Crippen molar-refractivity contribution in [3.63, 3.8) is 0 Å². The number of anilines is 2. The number of sulfonamides is 1. The molecule has 0 radical (unpaired) electrons. The molecule has 146 valence electrons. The first-order valence-electron chi connectivity index (χ1n) is 8.18. The van der Waals surface area contributed by atoms with Crippen LogP contribution in [0.15, 0.2) is 71.6 Å². The van der Waals surface area contributed by atoms with Gasteiger partial charge in [0, 0.05) is 16.9 Å².